The van der Waals surface area contributed by atoms with Crippen LogP contribution in [0.15, 0.2) is 6.07 Å². The van der Waals surface area contributed by atoms with Gasteiger partial charge in [0.15, 0.2) is 0 Å². The van der Waals surface area contributed by atoms with Crippen molar-refractivity contribution < 1.29 is 5.11 Å². The molecule has 0 bridgehead atoms. The lowest BCUT2D eigenvalue weighted by Gasteiger charge is -2.17. The molecule has 0 spiro atoms. The minimum atomic E-state index is -0.539. The monoisotopic (exact) mass is 225 g/mol. The average molecular weight is 225 g/mol. The summed E-state index contributed by atoms with van der Waals surface area (Å²) in [5.74, 6) is 1.03. The van der Waals surface area contributed by atoms with E-state index in [2.05, 4.69) is 31.2 Å². The molecule has 16 heavy (non-hydrogen) atoms. The standard InChI is InChI=1S/C12H23N3O/c1-8(2)11(16)13-10-7-9(12(3,4)5)14-15(10)6/h7-8,11,13,16H,1-6H3. The smallest absolute Gasteiger partial charge is 0.127 e. The Morgan fingerprint density at radius 1 is 1.38 bits per heavy atom. The summed E-state index contributed by atoms with van der Waals surface area (Å²) in [5, 5.41) is 17.3. The third-order valence-electron chi connectivity index (χ3n) is 2.58. The summed E-state index contributed by atoms with van der Waals surface area (Å²) < 4.78 is 1.77. The first-order valence-corrected chi connectivity index (χ1v) is 5.71. The molecule has 4 nitrogen and oxygen atoms in total. The Bertz CT molecular complexity index is 350. The van der Waals surface area contributed by atoms with Crippen LogP contribution >= 0.6 is 0 Å². The molecule has 0 fully saturated rings. The Morgan fingerprint density at radius 3 is 2.31 bits per heavy atom. The second kappa shape index (κ2) is 4.45. The minimum Gasteiger partial charge on any atom is -0.374 e. The van der Waals surface area contributed by atoms with Crippen LogP contribution in [0.25, 0.3) is 0 Å². The van der Waals surface area contributed by atoms with E-state index in [1.165, 1.54) is 0 Å². The van der Waals surface area contributed by atoms with E-state index in [0.29, 0.717) is 0 Å². The second-order valence-electron chi connectivity index (χ2n) is 5.62. The molecular weight excluding hydrogens is 202 g/mol. The van der Waals surface area contributed by atoms with E-state index in [9.17, 15) is 5.11 Å². The second-order valence-corrected chi connectivity index (χ2v) is 5.62. The zero-order chi connectivity index (χ0) is 12.5. The predicted molar refractivity (Wildman–Crippen MR) is 66.4 cm³/mol. The zero-order valence-electron chi connectivity index (χ0n) is 11.1. The predicted octanol–water partition coefficient (Wildman–Crippen LogP) is 2.10. The van der Waals surface area contributed by atoms with Crippen molar-refractivity contribution in [2.75, 3.05) is 5.32 Å². The maximum absolute atomic E-state index is 9.76. The third-order valence-corrected chi connectivity index (χ3v) is 2.58. The number of aliphatic hydroxyl groups is 1. The van der Waals surface area contributed by atoms with E-state index in [-0.39, 0.29) is 11.3 Å². The van der Waals surface area contributed by atoms with Crippen LogP contribution in [0.1, 0.15) is 40.3 Å². The molecule has 1 atom stereocenters. The van der Waals surface area contributed by atoms with Crippen LogP contribution in [0, 0.1) is 5.92 Å². The van der Waals surface area contributed by atoms with E-state index in [0.717, 1.165) is 11.5 Å². The minimum absolute atomic E-state index is 0.0282. The van der Waals surface area contributed by atoms with Crippen LogP contribution < -0.4 is 5.32 Å². The Morgan fingerprint density at radius 2 is 1.94 bits per heavy atom. The molecule has 0 aliphatic carbocycles. The Balaban J connectivity index is 2.87. The van der Waals surface area contributed by atoms with Gasteiger partial charge >= 0.3 is 0 Å². The number of hydrogen-bond donors (Lipinski definition) is 2. The number of hydrogen-bond acceptors (Lipinski definition) is 3. The van der Waals surface area contributed by atoms with Gasteiger partial charge in [-0.1, -0.05) is 34.6 Å². The molecule has 0 aromatic carbocycles. The number of nitrogens with one attached hydrogen (secondary N) is 1. The van der Waals surface area contributed by atoms with E-state index < -0.39 is 6.23 Å². The summed E-state index contributed by atoms with van der Waals surface area (Å²) in [6.45, 7) is 10.3. The lowest BCUT2D eigenvalue weighted by molar-refractivity contribution is 0.152. The molecule has 4 heteroatoms. The molecular formula is C12H23N3O. The number of nitrogens with zero attached hydrogens (tertiary/aromatic N) is 2. The molecule has 0 aliphatic heterocycles. The highest BCUT2D eigenvalue weighted by molar-refractivity contribution is 5.39. The topological polar surface area (TPSA) is 50.1 Å². The average Bonchev–Trinajstić information content (AvgIpc) is 2.47. The van der Waals surface area contributed by atoms with Gasteiger partial charge in [-0.25, -0.2) is 0 Å². The highest BCUT2D eigenvalue weighted by Crippen LogP contribution is 2.23. The van der Waals surface area contributed by atoms with Gasteiger partial charge in [-0.2, -0.15) is 5.10 Å². The summed E-state index contributed by atoms with van der Waals surface area (Å²) in [4.78, 5) is 0. The largest absolute Gasteiger partial charge is 0.374 e. The number of aliphatic hydroxyl groups excluding tert-OH is 1. The Kier molecular flexibility index (Phi) is 3.63. The van der Waals surface area contributed by atoms with Gasteiger partial charge in [-0.05, 0) is 5.92 Å². The molecule has 1 unspecified atom stereocenters. The fourth-order valence-electron chi connectivity index (χ4n) is 1.29. The lowest BCUT2D eigenvalue weighted by Crippen LogP contribution is -2.25. The Hall–Kier alpha value is -1.03. The maximum Gasteiger partial charge on any atom is 0.127 e. The van der Waals surface area contributed by atoms with Crippen LogP contribution in [-0.2, 0) is 12.5 Å². The van der Waals surface area contributed by atoms with Crippen molar-refractivity contribution in [2.24, 2.45) is 13.0 Å². The molecule has 1 aromatic rings. The summed E-state index contributed by atoms with van der Waals surface area (Å²) in [6.07, 6.45) is -0.539. The van der Waals surface area contributed by atoms with E-state index >= 15 is 0 Å². The number of anilines is 1. The van der Waals surface area contributed by atoms with Crippen molar-refractivity contribution in [1.29, 1.82) is 0 Å². The quantitative estimate of drug-likeness (QED) is 0.775. The van der Waals surface area contributed by atoms with Crippen LogP contribution in [0.4, 0.5) is 5.82 Å². The van der Waals surface area contributed by atoms with Crippen molar-refractivity contribution in [2.45, 2.75) is 46.3 Å². The van der Waals surface area contributed by atoms with E-state index in [1.807, 2.05) is 27.0 Å². The zero-order valence-corrected chi connectivity index (χ0v) is 11.1. The summed E-state index contributed by atoms with van der Waals surface area (Å²) in [6, 6.07) is 1.99. The number of aryl methyl sites for hydroxylation is 1. The molecule has 1 aromatic heterocycles. The normalized spacial score (nSPS) is 14.2. The number of rotatable bonds is 3. The number of aromatic nitrogens is 2. The van der Waals surface area contributed by atoms with Crippen LogP contribution in [0.3, 0.4) is 0 Å². The SMILES string of the molecule is CC(C)C(O)Nc1cc(C(C)(C)C)nn1C. The molecule has 0 aliphatic rings. The first-order valence-electron chi connectivity index (χ1n) is 5.71. The molecule has 0 radical (unpaired) electrons. The summed E-state index contributed by atoms with van der Waals surface area (Å²) in [7, 11) is 1.88. The summed E-state index contributed by atoms with van der Waals surface area (Å²) in [5.41, 5.74) is 1.05. The van der Waals surface area contributed by atoms with Gasteiger partial charge in [-0.15, -0.1) is 0 Å². The highest BCUT2D eigenvalue weighted by atomic mass is 16.3. The van der Waals surface area contributed by atoms with Crippen molar-refractivity contribution in [3.63, 3.8) is 0 Å². The van der Waals surface area contributed by atoms with Crippen molar-refractivity contribution in [1.82, 2.24) is 9.78 Å². The van der Waals surface area contributed by atoms with Crippen LogP contribution in [0.2, 0.25) is 0 Å². The van der Waals surface area contributed by atoms with Gasteiger partial charge in [0, 0.05) is 18.5 Å². The van der Waals surface area contributed by atoms with Crippen molar-refractivity contribution >= 4 is 5.82 Å². The summed E-state index contributed by atoms with van der Waals surface area (Å²) >= 11 is 0. The van der Waals surface area contributed by atoms with Crippen molar-refractivity contribution in [3.05, 3.63) is 11.8 Å². The lowest BCUT2D eigenvalue weighted by atomic mass is 9.92. The van der Waals surface area contributed by atoms with Crippen LogP contribution in [0.5, 0.6) is 0 Å². The van der Waals surface area contributed by atoms with E-state index in [1.54, 1.807) is 4.68 Å². The fourth-order valence-corrected chi connectivity index (χ4v) is 1.29. The first-order chi connectivity index (χ1) is 7.21. The molecule has 1 heterocycles. The van der Waals surface area contributed by atoms with Gasteiger partial charge in [0.05, 0.1) is 5.69 Å². The van der Waals surface area contributed by atoms with Crippen LogP contribution in [-0.4, -0.2) is 21.1 Å². The fraction of sp³-hybridized carbons (Fsp3) is 0.750. The highest BCUT2D eigenvalue weighted by Gasteiger charge is 2.20. The van der Waals surface area contributed by atoms with Gasteiger partial charge in [-0.3, -0.25) is 4.68 Å². The van der Waals surface area contributed by atoms with E-state index in [4.69, 9.17) is 0 Å². The molecule has 2 N–H and O–H groups in total. The Labute approximate surface area is 97.7 Å². The van der Waals surface area contributed by atoms with Gasteiger partial charge in [0.2, 0.25) is 0 Å². The van der Waals surface area contributed by atoms with Gasteiger partial charge in [0.25, 0.3) is 0 Å². The molecule has 0 saturated carbocycles. The molecule has 92 valence electrons. The van der Waals surface area contributed by atoms with Crippen molar-refractivity contribution in [3.8, 4) is 0 Å². The maximum atomic E-state index is 9.76. The molecule has 1 rings (SSSR count). The third kappa shape index (κ3) is 2.98. The first kappa shape index (κ1) is 13.0. The van der Waals surface area contributed by atoms with Gasteiger partial charge in [0.1, 0.15) is 12.0 Å². The molecule has 0 saturated heterocycles. The molecule has 0 amide bonds. The van der Waals surface area contributed by atoms with Gasteiger partial charge < -0.3 is 10.4 Å².